The summed E-state index contributed by atoms with van der Waals surface area (Å²) < 4.78 is 0. The van der Waals surface area contributed by atoms with Crippen molar-refractivity contribution < 1.29 is 5.11 Å². The van der Waals surface area contributed by atoms with Crippen LogP contribution >= 0.6 is 0 Å². The Hall–Kier alpha value is -0.860. The van der Waals surface area contributed by atoms with E-state index in [2.05, 4.69) is 23.5 Å². The summed E-state index contributed by atoms with van der Waals surface area (Å²) in [6.07, 6.45) is 11.8. The Kier molecular flexibility index (Phi) is 4.00. The van der Waals surface area contributed by atoms with Crippen molar-refractivity contribution in [2.75, 3.05) is 6.61 Å². The van der Waals surface area contributed by atoms with E-state index in [0.29, 0.717) is 12.5 Å². The number of hydrogen-bond acceptors (Lipinski definition) is 2. The molecule has 0 aromatic heterocycles. The van der Waals surface area contributed by atoms with Gasteiger partial charge in [0.05, 0.1) is 6.61 Å². The van der Waals surface area contributed by atoms with Crippen LogP contribution in [0.2, 0.25) is 0 Å². The van der Waals surface area contributed by atoms with Gasteiger partial charge >= 0.3 is 0 Å². The quantitative estimate of drug-likeness (QED) is 0.890. The normalized spacial score (nSPS) is 33.7. The largest absolute Gasteiger partial charge is 0.394 e. The van der Waals surface area contributed by atoms with Crippen LogP contribution in [0.3, 0.4) is 0 Å². The standard InChI is InChI=1S/C20H29NO/c22-14-20(12-15-6-9-19(20)10-7-15)21-13-16-5-8-17-3-1-2-4-18(17)11-16/h5,8,11,15,19,21-22H,1-4,6-7,9-10,12-14H2. The summed E-state index contributed by atoms with van der Waals surface area (Å²) in [5.41, 5.74) is 4.52. The van der Waals surface area contributed by atoms with Gasteiger partial charge < -0.3 is 10.4 Å². The van der Waals surface area contributed by atoms with E-state index in [-0.39, 0.29) is 5.54 Å². The van der Waals surface area contributed by atoms with E-state index in [0.717, 1.165) is 12.5 Å². The van der Waals surface area contributed by atoms with E-state index in [1.807, 2.05) is 0 Å². The third-order valence-electron chi connectivity index (χ3n) is 6.62. The Balaban J connectivity index is 1.47. The van der Waals surface area contributed by atoms with Crippen LogP contribution in [0.1, 0.15) is 61.6 Å². The molecule has 2 N–H and O–H groups in total. The molecule has 120 valence electrons. The van der Waals surface area contributed by atoms with Gasteiger partial charge in [0.15, 0.2) is 0 Å². The minimum absolute atomic E-state index is 0.00291. The molecule has 0 radical (unpaired) electrons. The highest BCUT2D eigenvalue weighted by atomic mass is 16.3. The molecule has 0 saturated heterocycles. The van der Waals surface area contributed by atoms with Gasteiger partial charge in [0.25, 0.3) is 0 Å². The lowest BCUT2D eigenvalue weighted by atomic mass is 9.60. The molecule has 4 aliphatic rings. The van der Waals surface area contributed by atoms with Gasteiger partial charge in [-0.3, -0.25) is 0 Å². The average Bonchev–Trinajstić information content (AvgIpc) is 2.61. The molecule has 3 saturated carbocycles. The van der Waals surface area contributed by atoms with Crippen molar-refractivity contribution in [2.45, 2.75) is 69.9 Å². The van der Waals surface area contributed by atoms with Crippen LogP contribution in [0.5, 0.6) is 0 Å². The summed E-state index contributed by atoms with van der Waals surface area (Å²) in [7, 11) is 0. The Bertz CT molecular complexity index is 533. The summed E-state index contributed by atoms with van der Waals surface area (Å²) in [4.78, 5) is 0. The zero-order valence-electron chi connectivity index (χ0n) is 13.6. The van der Waals surface area contributed by atoms with Gasteiger partial charge in [-0.1, -0.05) is 31.0 Å². The van der Waals surface area contributed by atoms with Crippen LogP contribution in [0.4, 0.5) is 0 Å². The third kappa shape index (κ3) is 2.61. The summed E-state index contributed by atoms with van der Waals surface area (Å²) in [5, 5.41) is 13.9. The van der Waals surface area contributed by atoms with Crippen molar-refractivity contribution in [1.29, 1.82) is 0 Å². The molecule has 2 heteroatoms. The Morgan fingerprint density at radius 2 is 1.82 bits per heavy atom. The highest BCUT2D eigenvalue weighted by Gasteiger charge is 2.46. The average molecular weight is 299 g/mol. The molecule has 1 atom stereocenters. The van der Waals surface area contributed by atoms with E-state index < -0.39 is 0 Å². The molecule has 1 unspecified atom stereocenters. The number of nitrogens with one attached hydrogen (secondary N) is 1. The molecule has 5 rings (SSSR count). The minimum Gasteiger partial charge on any atom is -0.394 e. The molecule has 1 aromatic rings. The van der Waals surface area contributed by atoms with Crippen LogP contribution in [0, 0.1) is 11.8 Å². The zero-order chi connectivity index (χ0) is 15.0. The maximum Gasteiger partial charge on any atom is 0.0616 e. The molecule has 0 spiro atoms. The SMILES string of the molecule is OCC1(NCc2ccc3c(c2)CCCC3)CC2CCC1CC2. The third-order valence-corrected chi connectivity index (χ3v) is 6.62. The molecule has 0 heterocycles. The first kappa shape index (κ1) is 14.7. The molecule has 3 fully saturated rings. The topological polar surface area (TPSA) is 32.3 Å². The van der Waals surface area contributed by atoms with Crippen molar-refractivity contribution in [3.05, 3.63) is 34.9 Å². The van der Waals surface area contributed by atoms with Crippen molar-refractivity contribution in [1.82, 2.24) is 5.32 Å². The van der Waals surface area contributed by atoms with Crippen LogP contribution in [-0.2, 0) is 19.4 Å². The van der Waals surface area contributed by atoms with Gasteiger partial charge in [-0.15, -0.1) is 0 Å². The molecule has 0 aliphatic heterocycles. The van der Waals surface area contributed by atoms with Gasteiger partial charge in [-0.25, -0.2) is 0 Å². The first-order valence-corrected chi connectivity index (χ1v) is 9.26. The maximum absolute atomic E-state index is 10.1. The molecule has 0 amide bonds. The highest BCUT2D eigenvalue weighted by molar-refractivity contribution is 5.34. The smallest absolute Gasteiger partial charge is 0.0616 e. The number of fused-ring (bicyclic) bond motifs is 4. The lowest BCUT2D eigenvalue weighted by Crippen LogP contribution is -2.59. The zero-order valence-corrected chi connectivity index (χ0v) is 13.6. The van der Waals surface area contributed by atoms with E-state index in [1.54, 1.807) is 11.1 Å². The predicted molar refractivity (Wildman–Crippen MR) is 89.8 cm³/mol. The molecular formula is C20H29NO. The van der Waals surface area contributed by atoms with Gasteiger partial charge in [0, 0.05) is 12.1 Å². The number of benzene rings is 1. The lowest BCUT2D eigenvalue weighted by Gasteiger charge is -2.51. The molecule has 4 aliphatic carbocycles. The summed E-state index contributed by atoms with van der Waals surface area (Å²) >= 11 is 0. The van der Waals surface area contributed by atoms with Crippen LogP contribution < -0.4 is 5.32 Å². The van der Waals surface area contributed by atoms with Crippen LogP contribution in [0.25, 0.3) is 0 Å². The van der Waals surface area contributed by atoms with E-state index in [1.165, 1.54) is 63.4 Å². The first-order chi connectivity index (χ1) is 10.8. The Labute approximate surface area is 134 Å². The van der Waals surface area contributed by atoms with Crippen molar-refractivity contribution in [2.24, 2.45) is 11.8 Å². The fraction of sp³-hybridized carbons (Fsp3) is 0.700. The lowest BCUT2D eigenvalue weighted by molar-refractivity contribution is -0.00143. The van der Waals surface area contributed by atoms with E-state index in [4.69, 9.17) is 0 Å². The van der Waals surface area contributed by atoms with Crippen molar-refractivity contribution in [3.8, 4) is 0 Å². The fourth-order valence-corrected chi connectivity index (χ4v) is 5.24. The Morgan fingerprint density at radius 1 is 1.05 bits per heavy atom. The van der Waals surface area contributed by atoms with Gasteiger partial charge in [-0.2, -0.15) is 0 Å². The number of aliphatic hydroxyl groups excluding tert-OH is 1. The summed E-state index contributed by atoms with van der Waals surface area (Å²) in [6, 6.07) is 7.04. The second-order valence-electron chi connectivity index (χ2n) is 7.90. The molecule has 1 aromatic carbocycles. The predicted octanol–water partition coefficient (Wildman–Crippen LogP) is 3.60. The highest BCUT2D eigenvalue weighted by Crippen LogP contribution is 2.47. The van der Waals surface area contributed by atoms with Crippen LogP contribution in [-0.4, -0.2) is 17.3 Å². The maximum atomic E-state index is 10.1. The second kappa shape index (κ2) is 5.98. The van der Waals surface area contributed by atoms with Gasteiger partial charge in [0.1, 0.15) is 0 Å². The van der Waals surface area contributed by atoms with Crippen molar-refractivity contribution >= 4 is 0 Å². The molecular weight excluding hydrogens is 270 g/mol. The summed E-state index contributed by atoms with van der Waals surface area (Å²) in [6.45, 7) is 1.22. The van der Waals surface area contributed by atoms with Gasteiger partial charge in [-0.05, 0) is 73.5 Å². The molecule has 2 bridgehead atoms. The number of rotatable bonds is 4. The van der Waals surface area contributed by atoms with Gasteiger partial charge in [0.2, 0.25) is 0 Å². The fourth-order valence-electron chi connectivity index (χ4n) is 5.24. The van der Waals surface area contributed by atoms with E-state index >= 15 is 0 Å². The minimum atomic E-state index is -0.00291. The van der Waals surface area contributed by atoms with Crippen molar-refractivity contribution in [3.63, 3.8) is 0 Å². The van der Waals surface area contributed by atoms with E-state index in [9.17, 15) is 5.11 Å². The molecule has 2 nitrogen and oxygen atoms in total. The number of aliphatic hydroxyl groups is 1. The second-order valence-corrected chi connectivity index (χ2v) is 7.90. The monoisotopic (exact) mass is 299 g/mol. The van der Waals surface area contributed by atoms with Crippen LogP contribution in [0.15, 0.2) is 18.2 Å². The number of hydrogen-bond donors (Lipinski definition) is 2. The summed E-state index contributed by atoms with van der Waals surface area (Å²) in [5.74, 6) is 1.52. The number of aryl methyl sites for hydroxylation is 2. The molecule has 22 heavy (non-hydrogen) atoms. The first-order valence-electron chi connectivity index (χ1n) is 9.26. The Morgan fingerprint density at radius 3 is 2.50 bits per heavy atom.